The molecule has 2 heterocycles. The van der Waals surface area contributed by atoms with Crippen molar-refractivity contribution >= 4 is 16.9 Å². The Morgan fingerprint density at radius 2 is 2.29 bits per heavy atom. The van der Waals surface area contributed by atoms with Gasteiger partial charge >= 0.3 is 5.97 Å². The molecule has 88 valence electrons. The number of carboxylic acids is 1. The highest BCUT2D eigenvalue weighted by Crippen LogP contribution is 2.14. The fourth-order valence-corrected chi connectivity index (χ4v) is 1.66. The number of carboxylic acid groups (broad SMARTS) is 1. The molecule has 0 saturated heterocycles. The van der Waals surface area contributed by atoms with Gasteiger partial charge in [-0.2, -0.15) is 0 Å². The minimum Gasteiger partial charge on any atom is -0.480 e. The highest BCUT2D eigenvalue weighted by atomic mass is 16.4. The van der Waals surface area contributed by atoms with E-state index in [4.69, 9.17) is 5.11 Å². The number of aryl methyl sites for hydroxylation is 1. The van der Waals surface area contributed by atoms with Gasteiger partial charge in [-0.3, -0.25) is 14.8 Å². The van der Waals surface area contributed by atoms with Crippen molar-refractivity contribution in [2.75, 3.05) is 6.54 Å². The van der Waals surface area contributed by atoms with E-state index in [0.29, 0.717) is 6.54 Å². The van der Waals surface area contributed by atoms with Crippen LogP contribution in [-0.4, -0.2) is 27.6 Å². The van der Waals surface area contributed by atoms with Crippen LogP contribution in [0.5, 0.6) is 0 Å². The SMILES string of the molecule is Cc1nccc2cc(CNCC(=O)O)cnc12. The molecule has 2 aromatic rings. The fraction of sp³-hybridized carbons (Fsp3) is 0.250. The van der Waals surface area contributed by atoms with Crippen LogP contribution in [0.3, 0.4) is 0 Å². The lowest BCUT2D eigenvalue weighted by molar-refractivity contribution is -0.135. The molecule has 0 radical (unpaired) electrons. The maximum atomic E-state index is 10.4. The average Bonchev–Trinajstić information content (AvgIpc) is 2.29. The number of nitrogens with one attached hydrogen (secondary N) is 1. The van der Waals surface area contributed by atoms with Crippen molar-refractivity contribution in [3.63, 3.8) is 0 Å². The number of hydrogen-bond donors (Lipinski definition) is 2. The smallest absolute Gasteiger partial charge is 0.317 e. The lowest BCUT2D eigenvalue weighted by atomic mass is 10.1. The number of fused-ring (bicyclic) bond motifs is 1. The van der Waals surface area contributed by atoms with Crippen molar-refractivity contribution < 1.29 is 9.90 Å². The van der Waals surface area contributed by atoms with Crippen LogP contribution in [0.25, 0.3) is 10.9 Å². The monoisotopic (exact) mass is 231 g/mol. The highest BCUT2D eigenvalue weighted by Gasteiger charge is 2.02. The van der Waals surface area contributed by atoms with E-state index in [0.717, 1.165) is 22.2 Å². The van der Waals surface area contributed by atoms with Gasteiger partial charge in [0.1, 0.15) is 0 Å². The zero-order valence-electron chi connectivity index (χ0n) is 9.47. The van der Waals surface area contributed by atoms with Crippen LogP contribution in [-0.2, 0) is 11.3 Å². The third-order valence-corrected chi connectivity index (χ3v) is 2.44. The Morgan fingerprint density at radius 1 is 1.47 bits per heavy atom. The molecule has 0 fully saturated rings. The van der Waals surface area contributed by atoms with Gasteiger partial charge in [-0.05, 0) is 24.6 Å². The molecule has 17 heavy (non-hydrogen) atoms. The molecule has 2 rings (SSSR count). The van der Waals surface area contributed by atoms with Crippen molar-refractivity contribution in [3.8, 4) is 0 Å². The van der Waals surface area contributed by atoms with E-state index in [1.54, 1.807) is 12.4 Å². The number of hydrogen-bond acceptors (Lipinski definition) is 4. The maximum Gasteiger partial charge on any atom is 0.317 e. The predicted molar refractivity (Wildman–Crippen MR) is 63.6 cm³/mol. The molecule has 2 N–H and O–H groups in total. The Bertz CT molecular complexity index is 554. The van der Waals surface area contributed by atoms with Gasteiger partial charge in [0.2, 0.25) is 0 Å². The van der Waals surface area contributed by atoms with Crippen LogP contribution >= 0.6 is 0 Å². The number of pyridine rings is 2. The molecule has 0 spiro atoms. The highest BCUT2D eigenvalue weighted by molar-refractivity contribution is 5.80. The predicted octanol–water partition coefficient (Wildman–Crippen LogP) is 1.11. The van der Waals surface area contributed by atoms with Crippen molar-refractivity contribution in [3.05, 3.63) is 35.8 Å². The van der Waals surface area contributed by atoms with E-state index < -0.39 is 5.97 Å². The van der Waals surface area contributed by atoms with E-state index in [-0.39, 0.29) is 6.54 Å². The zero-order chi connectivity index (χ0) is 12.3. The first kappa shape index (κ1) is 11.5. The van der Waals surface area contributed by atoms with Crippen LogP contribution in [0.1, 0.15) is 11.3 Å². The lowest BCUT2D eigenvalue weighted by Gasteiger charge is -2.04. The van der Waals surface area contributed by atoms with Gasteiger partial charge in [-0.1, -0.05) is 0 Å². The number of carbonyl (C=O) groups is 1. The molecule has 0 aliphatic rings. The topological polar surface area (TPSA) is 75.1 Å². The third-order valence-electron chi connectivity index (χ3n) is 2.44. The Hall–Kier alpha value is -2.01. The Kier molecular flexibility index (Phi) is 3.30. The first-order chi connectivity index (χ1) is 8.16. The molecule has 0 bridgehead atoms. The average molecular weight is 231 g/mol. The molecule has 0 aromatic carbocycles. The van der Waals surface area contributed by atoms with Crippen LogP contribution in [0.4, 0.5) is 0 Å². The fourth-order valence-electron chi connectivity index (χ4n) is 1.66. The molecule has 0 saturated carbocycles. The van der Waals surface area contributed by atoms with Crippen molar-refractivity contribution in [1.29, 1.82) is 0 Å². The van der Waals surface area contributed by atoms with E-state index in [1.807, 2.05) is 19.1 Å². The first-order valence-electron chi connectivity index (χ1n) is 5.29. The first-order valence-corrected chi connectivity index (χ1v) is 5.29. The molecule has 5 nitrogen and oxygen atoms in total. The van der Waals surface area contributed by atoms with Gasteiger partial charge in [-0.25, -0.2) is 0 Å². The summed E-state index contributed by atoms with van der Waals surface area (Å²) in [5, 5.41) is 12.4. The molecule has 0 aliphatic carbocycles. The minimum atomic E-state index is -0.862. The van der Waals surface area contributed by atoms with Gasteiger partial charge in [0.15, 0.2) is 0 Å². The number of aromatic nitrogens is 2. The standard InChI is InChI=1S/C12H13N3O2/c1-8-12-10(2-3-14-8)4-9(6-15-12)5-13-7-11(16)17/h2-4,6,13H,5,7H2,1H3,(H,16,17). The molecule has 5 heteroatoms. The number of nitrogens with zero attached hydrogens (tertiary/aromatic N) is 2. The van der Waals surface area contributed by atoms with Crippen molar-refractivity contribution in [1.82, 2.24) is 15.3 Å². The second-order valence-corrected chi connectivity index (χ2v) is 3.81. The summed E-state index contributed by atoms with van der Waals surface area (Å²) >= 11 is 0. The summed E-state index contributed by atoms with van der Waals surface area (Å²) < 4.78 is 0. The number of aliphatic carboxylic acids is 1. The summed E-state index contributed by atoms with van der Waals surface area (Å²) in [5.41, 5.74) is 2.74. The summed E-state index contributed by atoms with van der Waals surface area (Å²) in [4.78, 5) is 18.9. The molecular formula is C12H13N3O2. The van der Waals surface area contributed by atoms with Gasteiger partial charge in [0.25, 0.3) is 0 Å². The van der Waals surface area contributed by atoms with Crippen molar-refractivity contribution in [2.45, 2.75) is 13.5 Å². The molecule has 0 aliphatic heterocycles. The van der Waals surface area contributed by atoms with Crippen LogP contribution in [0, 0.1) is 6.92 Å². The second-order valence-electron chi connectivity index (χ2n) is 3.81. The van der Waals surface area contributed by atoms with E-state index >= 15 is 0 Å². The Balaban J connectivity index is 2.17. The van der Waals surface area contributed by atoms with Gasteiger partial charge < -0.3 is 10.4 Å². The van der Waals surface area contributed by atoms with Crippen LogP contribution < -0.4 is 5.32 Å². The minimum absolute atomic E-state index is 0.0482. The Labute approximate surface area is 98.5 Å². The normalized spacial score (nSPS) is 10.6. The molecule has 0 unspecified atom stereocenters. The molecule has 2 aromatic heterocycles. The maximum absolute atomic E-state index is 10.4. The van der Waals surface area contributed by atoms with E-state index in [9.17, 15) is 4.79 Å². The number of rotatable bonds is 4. The summed E-state index contributed by atoms with van der Waals surface area (Å²) in [5.74, 6) is -0.862. The molecule has 0 atom stereocenters. The summed E-state index contributed by atoms with van der Waals surface area (Å²) in [6.07, 6.45) is 3.49. The van der Waals surface area contributed by atoms with Gasteiger partial charge in [-0.15, -0.1) is 0 Å². The van der Waals surface area contributed by atoms with E-state index in [2.05, 4.69) is 15.3 Å². The van der Waals surface area contributed by atoms with Crippen molar-refractivity contribution in [2.24, 2.45) is 0 Å². The van der Waals surface area contributed by atoms with Gasteiger partial charge in [0, 0.05) is 24.3 Å². The molecular weight excluding hydrogens is 218 g/mol. The largest absolute Gasteiger partial charge is 0.480 e. The van der Waals surface area contributed by atoms with Crippen LogP contribution in [0.15, 0.2) is 24.5 Å². The van der Waals surface area contributed by atoms with Crippen LogP contribution in [0.2, 0.25) is 0 Å². The Morgan fingerprint density at radius 3 is 3.06 bits per heavy atom. The lowest BCUT2D eigenvalue weighted by Crippen LogP contribution is -2.21. The second kappa shape index (κ2) is 4.88. The quantitative estimate of drug-likeness (QED) is 0.824. The zero-order valence-corrected chi connectivity index (χ0v) is 9.47. The summed E-state index contributed by atoms with van der Waals surface area (Å²) in [7, 11) is 0. The molecule has 0 amide bonds. The summed E-state index contributed by atoms with van der Waals surface area (Å²) in [6.45, 7) is 2.36. The van der Waals surface area contributed by atoms with E-state index in [1.165, 1.54) is 0 Å². The third kappa shape index (κ3) is 2.76. The van der Waals surface area contributed by atoms with Gasteiger partial charge in [0.05, 0.1) is 17.8 Å². The summed E-state index contributed by atoms with van der Waals surface area (Å²) in [6, 6.07) is 3.89.